The van der Waals surface area contributed by atoms with Gasteiger partial charge in [-0.3, -0.25) is 0 Å². The van der Waals surface area contributed by atoms with Gasteiger partial charge in [0, 0.05) is 18.4 Å². The molecule has 2 aromatic rings. The highest BCUT2D eigenvalue weighted by Gasteiger charge is 2.05. The van der Waals surface area contributed by atoms with Crippen molar-refractivity contribution < 1.29 is 14.1 Å². The Labute approximate surface area is 108 Å². The minimum absolute atomic E-state index is 0.169. The van der Waals surface area contributed by atoms with E-state index in [0.717, 1.165) is 4.88 Å². The van der Waals surface area contributed by atoms with E-state index < -0.39 is 0 Å². The predicted octanol–water partition coefficient (Wildman–Crippen LogP) is 1.87. The van der Waals surface area contributed by atoms with Crippen molar-refractivity contribution in [2.45, 2.75) is 13.0 Å². The molecule has 2 heterocycles. The summed E-state index contributed by atoms with van der Waals surface area (Å²) in [6.45, 7) is 0.734. The zero-order chi connectivity index (χ0) is 12.6. The summed E-state index contributed by atoms with van der Waals surface area (Å²) in [5.74, 6) is 1.02. The van der Waals surface area contributed by atoms with Crippen LogP contribution in [-0.2, 0) is 22.6 Å². The van der Waals surface area contributed by atoms with Gasteiger partial charge < -0.3 is 14.1 Å². The monoisotopic (exact) mass is 267 g/mol. The van der Waals surface area contributed by atoms with Crippen LogP contribution in [0.1, 0.15) is 16.6 Å². The largest absolute Gasteiger partial charge is 0.386 e. The lowest BCUT2D eigenvalue weighted by Gasteiger charge is -1.92. The van der Waals surface area contributed by atoms with Gasteiger partial charge in [-0.25, -0.2) is 0 Å². The van der Waals surface area contributed by atoms with E-state index in [0.29, 0.717) is 24.7 Å². The van der Waals surface area contributed by atoms with Crippen LogP contribution in [0.3, 0.4) is 0 Å². The van der Waals surface area contributed by atoms with Crippen LogP contribution in [-0.4, -0.2) is 30.1 Å². The Morgan fingerprint density at radius 2 is 2.50 bits per heavy atom. The molecule has 6 nitrogen and oxygen atoms in total. The SMILES string of the molecule is COCCc1noc(CON=Cc2cccs2)n1. The first-order valence-electron chi connectivity index (χ1n) is 5.37. The molecule has 0 bridgehead atoms. The number of thiophene rings is 1. The van der Waals surface area contributed by atoms with Crippen LogP contribution in [0.4, 0.5) is 0 Å². The second-order valence-corrected chi connectivity index (χ2v) is 4.35. The molecule has 0 unspecified atom stereocenters. The molecule has 0 aromatic carbocycles. The van der Waals surface area contributed by atoms with Crippen molar-refractivity contribution in [2.75, 3.05) is 13.7 Å². The molecule has 0 aliphatic carbocycles. The van der Waals surface area contributed by atoms with Crippen molar-refractivity contribution in [3.8, 4) is 0 Å². The maximum Gasteiger partial charge on any atom is 0.267 e. The number of methoxy groups -OCH3 is 1. The first-order valence-corrected chi connectivity index (χ1v) is 6.25. The van der Waals surface area contributed by atoms with E-state index in [2.05, 4.69) is 15.3 Å². The van der Waals surface area contributed by atoms with Crippen LogP contribution in [0.15, 0.2) is 27.2 Å². The minimum atomic E-state index is 0.169. The van der Waals surface area contributed by atoms with Gasteiger partial charge in [-0.2, -0.15) is 4.98 Å². The lowest BCUT2D eigenvalue weighted by Crippen LogP contribution is -1.96. The number of rotatable bonds is 7. The first kappa shape index (κ1) is 12.7. The third-order valence-electron chi connectivity index (χ3n) is 2.03. The highest BCUT2D eigenvalue weighted by molar-refractivity contribution is 7.11. The molecule has 7 heteroatoms. The van der Waals surface area contributed by atoms with Crippen LogP contribution in [0, 0.1) is 0 Å². The second kappa shape index (κ2) is 6.87. The van der Waals surface area contributed by atoms with Crippen LogP contribution in [0.2, 0.25) is 0 Å². The third kappa shape index (κ3) is 3.94. The Bertz CT molecular complexity index is 481. The van der Waals surface area contributed by atoms with Gasteiger partial charge in [-0.15, -0.1) is 11.3 Å². The molecule has 18 heavy (non-hydrogen) atoms. The minimum Gasteiger partial charge on any atom is -0.386 e. The van der Waals surface area contributed by atoms with Gasteiger partial charge in [0.05, 0.1) is 12.8 Å². The van der Waals surface area contributed by atoms with Crippen LogP contribution >= 0.6 is 11.3 Å². The van der Waals surface area contributed by atoms with Crippen LogP contribution < -0.4 is 0 Å². The highest BCUT2D eigenvalue weighted by atomic mass is 32.1. The molecule has 0 saturated heterocycles. The van der Waals surface area contributed by atoms with E-state index in [9.17, 15) is 0 Å². The number of aromatic nitrogens is 2. The number of hydrogen-bond donors (Lipinski definition) is 0. The zero-order valence-electron chi connectivity index (χ0n) is 9.91. The Morgan fingerprint density at radius 1 is 1.56 bits per heavy atom. The summed E-state index contributed by atoms with van der Waals surface area (Å²) >= 11 is 1.59. The van der Waals surface area contributed by atoms with Crippen LogP contribution in [0.5, 0.6) is 0 Å². The molecule has 0 fully saturated rings. The third-order valence-corrected chi connectivity index (χ3v) is 2.83. The summed E-state index contributed by atoms with van der Waals surface area (Å²) < 4.78 is 9.91. The van der Waals surface area contributed by atoms with E-state index in [-0.39, 0.29) is 6.61 Å². The Balaban J connectivity index is 1.74. The maximum atomic E-state index is 5.06. The second-order valence-electron chi connectivity index (χ2n) is 3.37. The smallest absolute Gasteiger partial charge is 0.267 e. The average Bonchev–Trinajstić information content (AvgIpc) is 3.04. The van der Waals surface area contributed by atoms with Crippen molar-refractivity contribution >= 4 is 17.6 Å². The molecule has 0 saturated carbocycles. The van der Waals surface area contributed by atoms with E-state index >= 15 is 0 Å². The molecular weight excluding hydrogens is 254 g/mol. The fourth-order valence-corrected chi connectivity index (χ4v) is 1.77. The maximum absolute atomic E-state index is 5.06. The topological polar surface area (TPSA) is 69.7 Å². The van der Waals surface area contributed by atoms with Crippen LogP contribution in [0.25, 0.3) is 0 Å². The van der Waals surface area contributed by atoms with Gasteiger partial charge >= 0.3 is 0 Å². The van der Waals surface area contributed by atoms with Crippen molar-refractivity contribution in [1.82, 2.24) is 10.1 Å². The molecule has 0 amide bonds. The van der Waals surface area contributed by atoms with Crippen molar-refractivity contribution in [2.24, 2.45) is 5.16 Å². The highest BCUT2D eigenvalue weighted by Crippen LogP contribution is 2.05. The normalized spacial score (nSPS) is 11.2. The van der Waals surface area contributed by atoms with Gasteiger partial charge in [0.25, 0.3) is 5.89 Å². The Kier molecular flexibility index (Phi) is 4.86. The quantitative estimate of drug-likeness (QED) is 0.566. The number of hydrogen-bond acceptors (Lipinski definition) is 7. The van der Waals surface area contributed by atoms with Crippen molar-refractivity contribution in [1.29, 1.82) is 0 Å². The zero-order valence-corrected chi connectivity index (χ0v) is 10.7. The fourth-order valence-electron chi connectivity index (χ4n) is 1.19. The molecule has 0 atom stereocenters. The molecule has 0 N–H and O–H groups in total. The van der Waals surface area contributed by atoms with E-state index in [1.807, 2.05) is 17.5 Å². The van der Waals surface area contributed by atoms with Gasteiger partial charge in [0.2, 0.25) is 0 Å². The van der Waals surface area contributed by atoms with E-state index in [1.54, 1.807) is 24.7 Å². The van der Waals surface area contributed by atoms with E-state index in [4.69, 9.17) is 14.1 Å². The summed E-state index contributed by atoms with van der Waals surface area (Å²) in [7, 11) is 1.63. The molecular formula is C11H13N3O3S. The molecule has 0 spiro atoms. The summed E-state index contributed by atoms with van der Waals surface area (Å²) in [6.07, 6.45) is 2.27. The molecule has 0 aliphatic rings. The van der Waals surface area contributed by atoms with Crippen molar-refractivity contribution in [3.05, 3.63) is 34.1 Å². The molecule has 2 rings (SSSR count). The summed E-state index contributed by atoms with van der Waals surface area (Å²) in [6, 6.07) is 3.90. The Hall–Kier alpha value is -1.73. The molecule has 0 radical (unpaired) electrons. The molecule has 0 aliphatic heterocycles. The molecule has 96 valence electrons. The number of nitrogens with zero attached hydrogens (tertiary/aromatic N) is 3. The first-order chi connectivity index (χ1) is 8.88. The Morgan fingerprint density at radius 3 is 3.28 bits per heavy atom. The fraction of sp³-hybridized carbons (Fsp3) is 0.364. The van der Waals surface area contributed by atoms with Crippen molar-refractivity contribution in [3.63, 3.8) is 0 Å². The van der Waals surface area contributed by atoms with Gasteiger partial charge in [-0.05, 0) is 11.4 Å². The average molecular weight is 267 g/mol. The van der Waals surface area contributed by atoms with E-state index in [1.165, 1.54) is 0 Å². The number of ether oxygens (including phenoxy) is 1. The predicted molar refractivity (Wildman–Crippen MR) is 66.6 cm³/mol. The van der Waals surface area contributed by atoms with Gasteiger partial charge in [-0.1, -0.05) is 16.4 Å². The summed E-state index contributed by atoms with van der Waals surface area (Å²) in [5.41, 5.74) is 0. The lowest BCUT2D eigenvalue weighted by atomic mass is 10.4. The number of oxime groups is 1. The summed E-state index contributed by atoms with van der Waals surface area (Å²) in [4.78, 5) is 10.2. The standard InChI is InChI=1S/C11H13N3O3S/c1-15-5-4-10-13-11(17-14-10)8-16-12-7-9-3-2-6-18-9/h2-3,6-7H,4-5,8H2,1H3. The lowest BCUT2D eigenvalue weighted by molar-refractivity contribution is 0.107. The molecule has 2 aromatic heterocycles. The van der Waals surface area contributed by atoms with Gasteiger partial charge in [0.1, 0.15) is 0 Å². The van der Waals surface area contributed by atoms with Gasteiger partial charge in [0.15, 0.2) is 12.4 Å². The summed E-state index contributed by atoms with van der Waals surface area (Å²) in [5, 5.41) is 9.57.